The number of pyridine rings is 1. The molecule has 0 N–H and O–H groups in total. The van der Waals surface area contributed by atoms with Gasteiger partial charge in [0.25, 0.3) is 5.91 Å². The molecule has 0 radical (unpaired) electrons. The van der Waals surface area contributed by atoms with E-state index in [-0.39, 0.29) is 11.9 Å². The summed E-state index contributed by atoms with van der Waals surface area (Å²) in [6.45, 7) is 3.83. The minimum absolute atomic E-state index is 0.0256. The number of amides is 1. The van der Waals surface area contributed by atoms with E-state index in [0.717, 1.165) is 24.5 Å². The lowest BCUT2D eigenvalue weighted by Gasteiger charge is -2.36. The Kier molecular flexibility index (Phi) is 4.65. The van der Waals surface area contributed by atoms with Crippen LogP contribution in [0.5, 0.6) is 0 Å². The van der Waals surface area contributed by atoms with Crippen LogP contribution in [0.15, 0.2) is 48.7 Å². The second-order valence-electron chi connectivity index (χ2n) is 6.60. The third-order valence-corrected chi connectivity index (χ3v) is 5.00. The van der Waals surface area contributed by atoms with Gasteiger partial charge in [0.2, 0.25) is 0 Å². The molecule has 5 nitrogen and oxygen atoms in total. The summed E-state index contributed by atoms with van der Waals surface area (Å²) < 4.78 is 5.62. The molecule has 1 aromatic carbocycles. The van der Waals surface area contributed by atoms with Gasteiger partial charge in [-0.3, -0.25) is 4.79 Å². The molecule has 4 rings (SSSR count). The standard InChI is InChI=1S/C20H23N3O2/c24-20(17-8-9-19(21-14-17)22-10-4-5-11-22)23-12-13-25-15-18(23)16-6-2-1-3-7-16/h1-3,6-9,14,18H,4-5,10-13,15H2. The van der Waals surface area contributed by atoms with Crippen molar-refractivity contribution < 1.29 is 9.53 Å². The summed E-state index contributed by atoms with van der Waals surface area (Å²) >= 11 is 0. The molecule has 2 aromatic rings. The van der Waals surface area contributed by atoms with E-state index in [9.17, 15) is 4.79 Å². The molecule has 1 amide bonds. The van der Waals surface area contributed by atoms with Crippen LogP contribution < -0.4 is 4.90 Å². The average Bonchev–Trinajstić information content (AvgIpc) is 3.23. The molecule has 130 valence electrons. The first-order chi connectivity index (χ1) is 12.3. The molecule has 2 fully saturated rings. The number of hydrogen-bond acceptors (Lipinski definition) is 4. The van der Waals surface area contributed by atoms with E-state index >= 15 is 0 Å². The molecule has 0 bridgehead atoms. The van der Waals surface area contributed by atoms with Gasteiger partial charge in [0, 0.05) is 25.8 Å². The van der Waals surface area contributed by atoms with Crippen LogP contribution in [-0.2, 0) is 4.74 Å². The normalized spacial score (nSPS) is 20.7. The predicted molar refractivity (Wildman–Crippen MR) is 96.7 cm³/mol. The number of carbonyl (C=O) groups excluding carboxylic acids is 1. The number of nitrogens with zero attached hydrogens (tertiary/aromatic N) is 3. The zero-order chi connectivity index (χ0) is 17.1. The highest BCUT2D eigenvalue weighted by Crippen LogP contribution is 2.26. The molecular weight excluding hydrogens is 314 g/mol. The third kappa shape index (κ3) is 3.37. The van der Waals surface area contributed by atoms with Crippen LogP contribution in [0.25, 0.3) is 0 Å². The molecule has 2 aliphatic rings. The van der Waals surface area contributed by atoms with E-state index in [1.165, 1.54) is 12.8 Å². The summed E-state index contributed by atoms with van der Waals surface area (Å²) in [6.07, 6.45) is 4.15. The van der Waals surface area contributed by atoms with Gasteiger partial charge in [0.1, 0.15) is 5.82 Å². The maximum absolute atomic E-state index is 13.0. The maximum atomic E-state index is 13.0. The number of rotatable bonds is 3. The van der Waals surface area contributed by atoms with E-state index in [1.807, 2.05) is 47.4 Å². The maximum Gasteiger partial charge on any atom is 0.256 e. The van der Waals surface area contributed by atoms with Crippen LogP contribution in [0.4, 0.5) is 5.82 Å². The van der Waals surface area contributed by atoms with Crippen molar-refractivity contribution in [3.8, 4) is 0 Å². The largest absolute Gasteiger partial charge is 0.377 e. The van der Waals surface area contributed by atoms with Crippen LogP contribution >= 0.6 is 0 Å². The lowest BCUT2D eigenvalue weighted by molar-refractivity contribution is -0.00271. The van der Waals surface area contributed by atoms with Crippen molar-refractivity contribution in [3.05, 3.63) is 59.8 Å². The monoisotopic (exact) mass is 337 g/mol. The lowest BCUT2D eigenvalue weighted by Crippen LogP contribution is -2.43. The van der Waals surface area contributed by atoms with Gasteiger partial charge in [0.15, 0.2) is 0 Å². The zero-order valence-electron chi connectivity index (χ0n) is 14.3. The molecule has 0 saturated carbocycles. The molecule has 1 aromatic heterocycles. The van der Waals surface area contributed by atoms with E-state index < -0.39 is 0 Å². The van der Waals surface area contributed by atoms with Gasteiger partial charge in [-0.2, -0.15) is 0 Å². The number of aromatic nitrogens is 1. The number of morpholine rings is 1. The van der Waals surface area contributed by atoms with Crippen molar-refractivity contribution in [1.82, 2.24) is 9.88 Å². The van der Waals surface area contributed by atoms with Crippen molar-refractivity contribution >= 4 is 11.7 Å². The molecule has 25 heavy (non-hydrogen) atoms. The first-order valence-corrected chi connectivity index (χ1v) is 8.97. The number of anilines is 1. The Hall–Kier alpha value is -2.40. The Morgan fingerprint density at radius 1 is 1.04 bits per heavy atom. The Bertz CT molecular complexity index is 711. The molecule has 1 atom stereocenters. The summed E-state index contributed by atoms with van der Waals surface area (Å²) in [7, 11) is 0. The Balaban J connectivity index is 1.54. The molecule has 5 heteroatoms. The molecule has 0 spiro atoms. The van der Waals surface area contributed by atoms with Gasteiger partial charge in [-0.1, -0.05) is 30.3 Å². The van der Waals surface area contributed by atoms with Gasteiger partial charge >= 0.3 is 0 Å². The van der Waals surface area contributed by atoms with Crippen LogP contribution in [0, 0.1) is 0 Å². The van der Waals surface area contributed by atoms with Gasteiger partial charge in [-0.05, 0) is 30.5 Å². The van der Waals surface area contributed by atoms with E-state index in [1.54, 1.807) is 6.20 Å². The van der Waals surface area contributed by atoms with Crippen LogP contribution in [0.2, 0.25) is 0 Å². The topological polar surface area (TPSA) is 45.7 Å². The van der Waals surface area contributed by atoms with Crippen LogP contribution in [0.1, 0.15) is 34.8 Å². The van der Waals surface area contributed by atoms with E-state index in [0.29, 0.717) is 25.3 Å². The zero-order valence-corrected chi connectivity index (χ0v) is 14.3. The fourth-order valence-corrected chi connectivity index (χ4v) is 3.61. The van der Waals surface area contributed by atoms with Crippen molar-refractivity contribution in [3.63, 3.8) is 0 Å². The number of ether oxygens (including phenoxy) is 1. The predicted octanol–water partition coefficient (Wildman–Crippen LogP) is 2.90. The highest BCUT2D eigenvalue weighted by atomic mass is 16.5. The van der Waals surface area contributed by atoms with Crippen molar-refractivity contribution in [1.29, 1.82) is 0 Å². The smallest absolute Gasteiger partial charge is 0.256 e. The quantitative estimate of drug-likeness (QED) is 0.864. The van der Waals surface area contributed by atoms with E-state index in [4.69, 9.17) is 4.74 Å². The highest BCUT2D eigenvalue weighted by Gasteiger charge is 2.29. The second kappa shape index (κ2) is 7.23. The Morgan fingerprint density at radius 3 is 2.56 bits per heavy atom. The fourth-order valence-electron chi connectivity index (χ4n) is 3.61. The minimum Gasteiger partial charge on any atom is -0.377 e. The number of hydrogen-bond donors (Lipinski definition) is 0. The first kappa shape index (κ1) is 16.1. The Morgan fingerprint density at radius 2 is 1.84 bits per heavy atom. The minimum atomic E-state index is -0.0410. The van der Waals surface area contributed by atoms with Gasteiger partial charge in [0.05, 0.1) is 24.8 Å². The summed E-state index contributed by atoms with van der Waals surface area (Å²) in [5, 5.41) is 0. The molecule has 2 saturated heterocycles. The Labute approximate surface area is 148 Å². The summed E-state index contributed by atoms with van der Waals surface area (Å²) in [6, 6.07) is 13.9. The van der Waals surface area contributed by atoms with E-state index in [2.05, 4.69) is 9.88 Å². The first-order valence-electron chi connectivity index (χ1n) is 8.97. The van der Waals surface area contributed by atoms with Gasteiger partial charge < -0.3 is 14.5 Å². The molecular formula is C20H23N3O2. The van der Waals surface area contributed by atoms with Crippen molar-refractivity contribution in [2.45, 2.75) is 18.9 Å². The number of benzene rings is 1. The highest BCUT2D eigenvalue weighted by molar-refractivity contribution is 5.94. The molecule has 1 unspecified atom stereocenters. The molecule has 0 aliphatic carbocycles. The molecule has 2 aliphatic heterocycles. The third-order valence-electron chi connectivity index (χ3n) is 5.00. The number of carbonyl (C=O) groups is 1. The van der Waals surface area contributed by atoms with Crippen LogP contribution in [-0.4, -0.2) is 48.6 Å². The van der Waals surface area contributed by atoms with Crippen molar-refractivity contribution in [2.24, 2.45) is 0 Å². The second-order valence-corrected chi connectivity index (χ2v) is 6.60. The SMILES string of the molecule is O=C(c1ccc(N2CCCC2)nc1)N1CCOCC1c1ccccc1. The molecule has 3 heterocycles. The summed E-state index contributed by atoms with van der Waals surface area (Å²) in [4.78, 5) is 21.7. The van der Waals surface area contributed by atoms with Crippen LogP contribution in [0.3, 0.4) is 0 Å². The lowest BCUT2D eigenvalue weighted by atomic mass is 10.0. The summed E-state index contributed by atoms with van der Waals surface area (Å²) in [5.41, 5.74) is 1.75. The van der Waals surface area contributed by atoms with Gasteiger partial charge in [-0.15, -0.1) is 0 Å². The fraction of sp³-hybridized carbons (Fsp3) is 0.400. The van der Waals surface area contributed by atoms with Crippen molar-refractivity contribution in [2.75, 3.05) is 37.7 Å². The summed E-state index contributed by atoms with van der Waals surface area (Å²) in [5.74, 6) is 0.994. The average molecular weight is 337 g/mol. The van der Waals surface area contributed by atoms with Gasteiger partial charge in [-0.25, -0.2) is 4.98 Å².